The molecule has 2 N–H and O–H groups in total. The Labute approximate surface area is 200 Å². The lowest BCUT2D eigenvalue weighted by molar-refractivity contribution is -0.144. The highest BCUT2D eigenvalue weighted by Crippen LogP contribution is 2.38. The van der Waals surface area contributed by atoms with Crippen LogP contribution in [-0.2, 0) is 14.4 Å². The smallest absolute Gasteiger partial charge is 0.344 e. The van der Waals surface area contributed by atoms with Gasteiger partial charge >= 0.3 is 5.97 Å². The Bertz CT molecular complexity index is 1170. The number of benzene rings is 2. The van der Waals surface area contributed by atoms with Crippen molar-refractivity contribution in [3.05, 3.63) is 58.0 Å². The molecule has 2 aromatic carbocycles. The van der Waals surface area contributed by atoms with Crippen molar-refractivity contribution in [2.45, 2.75) is 26.9 Å². The zero-order chi connectivity index (χ0) is 25.0. The molecule has 9 nitrogen and oxygen atoms in total. The van der Waals surface area contributed by atoms with Gasteiger partial charge in [0.05, 0.1) is 12.0 Å². The number of aliphatic carboxylic acids is 1. The Morgan fingerprint density at radius 3 is 2.41 bits per heavy atom. The molecular weight excluding hydrogens is 460 g/mol. The zero-order valence-electron chi connectivity index (χ0n) is 19.1. The fourth-order valence-corrected chi connectivity index (χ4v) is 4.10. The molecule has 3 amide bonds. The minimum atomic E-state index is -1.17. The summed E-state index contributed by atoms with van der Waals surface area (Å²) in [6.45, 7) is 4.63. The summed E-state index contributed by atoms with van der Waals surface area (Å²) in [7, 11) is 1.40. The van der Waals surface area contributed by atoms with E-state index in [4.69, 9.17) is 9.47 Å². The third-order valence-electron chi connectivity index (χ3n) is 5.08. The molecule has 34 heavy (non-hydrogen) atoms. The number of carboxylic acids is 1. The van der Waals surface area contributed by atoms with Crippen molar-refractivity contribution in [3.8, 4) is 11.5 Å². The van der Waals surface area contributed by atoms with Crippen molar-refractivity contribution in [1.29, 1.82) is 0 Å². The fourth-order valence-electron chi connectivity index (χ4n) is 3.27. The van der Waals surface area contributed by atoms with Crippen molar-refractivity contribution in [1.82, 2.24) is 4.90 Å². The molecule has 0 unspecified atom stereocenters. The molecule has 2 aromatic rings. The van der Waals surface area contributed by atoms with Crippen LogP contribution in [0, 0.1) is 13.8 Å². The number of hydrogen-bond acceptors (Lipinski definition) is 7. The Morgan fingerprint density at radius 1 is 1.15 bits per heavy atom. The number of ether oxygens (including phenoxy) is 2. The molecule has 0 radical (unpaired) electrons. The van der Waals surface area contributed by atoms with Gasteiger partial charge in [-0.2, -0.15) is 0 Å². The van der Waals surface area contributed by atoms with Crippen LogP contribution in [0.2, 0.25) is 0 Å². The topological polar surface area (TPSA) is 122 Å². The van der Waals surface area contributed by atoms with Gasteiger partial charge in [-0.1, -0.05) is 30.3 Å². The fraction of sp³-hybridized carbons (Fsp3) is 0.250. The predicted octanol–water partition coefficient (Wildman–Crippen LogP) is 3.84. The first-order valence-corrected chi connectivity index (χ1v) is 11.1. The summed E-state index contributed by atoms with van der Waals surface area (Å²) < 4.78 is 10.8. The largest absolute Gasteiger partial charge is 0.493 e. The van der Waals surface area contributed by atoms with Crippen molar-refractivity contribution >= 4 is 46.5 Å². The number of rotatable bonds is 8. The normalized spacial score (nSPS) is 15.4. The number of carboxylic acid groups (broad SMARTS) is 1. The molecule has 0 aliphatic carbocycles. The number of carbonyl (C=O) groups is 4. The van der Waals surface area contributed by atoms with Crippen molar-refractivity contribution < 1.29 is 33.8 Å². The molecule has 1 atom stereocenters. The van der Waals surface area contributed by atoms with Crippen LogP contribution in [0.3, 0.4) is 0 Å². The maximum atomic E-state index is 12.9. The molecule has 10 heteroatoms. The van der Waals surface area contributed by atoms with Crippen LogP contribution >= 0.6 is 11.8 Å². The number of thioether (sulfide) groups is 1. The van der Waals surface area contributed by atoms with Gasteiger partial charge in [0.2, 0.25) is 5.91 Å². The van der Waals surface area contributed by atoms with Crippen LogP contribution in [0.25, 0.3) is 6.08 Å². The third kappa shape index (κ3) is 5.40. The highest BCUT2D eigenvalue weighted by molar-refractivity contribution is 8.18. The van der Waals surface area contributed by atoms with Crippen LogP contribution in [0.4, 0.5) is 10.5 Å². The second-order valence-electron chi connectivity index (χ2n) is 7.56. The quantitative estimate of drug-likeness (QED) is 0.542. The molecule has 1 saturated heterocycles. The second-order valence-corrected chi connectivity index (χ2v) is 8.55. The predicted molar refractivity (Wildman–Crippen MR) is 128 cm³/mol. The lowest BCUT2D eigenvalue weighted by Gasteiger charge is -2.16. The first-order valence-electron chi connectivity index (χ1n) is 10.3. The van der Waals surface area contributed by atoms with Gasteiger partial charge in [-0.15, -0.1) is 0 Å². The van der Waals surface area contributed by atoms with E-state index in [1.165, 1.54) is 20.1 Å². The molecule has 0 saturated carbocycles. The lowest BCUT2D eigenvalue weighted by atomic mass is 10.1. The summed E-state index contributed by atoms with van der Waals surface area (Å²) in [6, 6.07) is 10.4. The van der Waals surface area contributed by atoms with E-state index < -0.39 is 35.7 Å². The summed E-state index contributed by atoms with van der Waals surface area (Å²) in [5.74, 6) is -1.91. The van der Waals surface area contributed by atoms with Crippen LogP contribution < -0.4 is 14.8 Å². The van der Waals surface area contributed by atoms with E-state index in [1.54, 1.807) is 18.2 Å². The third-order valence-corrected chi connectivity index (χ3v) is 5.99. The number of amides is 3. The first kappa shape index (κ1) is 24.8. The molecule has 1 fully saturated rings. The molecule has 3 rings (SSSR count). The highest BCUT2D eigenvalue weighted by atomic mass is 32.2. The summed E-state index contributed by atoms with van der Waals surface area (Å²) >= 11 is 0.684. The molecule has 1 aliphatic rings. The first-order chi connectivity index (χ1) is 16.1. The van der Waals surface area contributed by atoms with Gasteiger partial charge in [-0.25, -0.2) is 4.79 Å². The molecule has 178 valence electrons. The zero-order valence-corrected chi connectivity index (χ0v) is 19.9. The monoisotopic (exact) mass is 484 g/mol. The Morgan fingerprint density at radius 2 is 1.79 bits per heavy atom. The minimum absolute atomic E-state index is 0.0750. The van der Waals surface area contributed by atoms with Gasteiger partial charge in [-0.05, 0) is 55.8 Å². The van der Waals surface area contributed by atoms with E-state index in [1.807, 2.05) is 32.0 Å². The SMILES string of the molecule is COc1cccc(/C=C2\SC(=O)N(CC(=O)Nc3c(C)cccc3C)C2=O)c1O[C@H](C)C(=O)O. The van der Waals surface area contributed by atoms with E-state index in [-0.39, 0.29) is 16.4 Å². The van der Waals surface area contributed by atoms with E-state index in [9.17, 15) is 24.3 Å². The number of nitrogens with zero attached hydrogens (tertiary/aromatic N) is 1. The number of nitrogens with one attached hydrogen (secondary N) is 1. The Kier molecular flexibility index (Phi) is 7.62. The van der Waals surface area contributed by atoms with Crippen LogP contribution in [-0.4, -0.2) is 52.8 Å². The molecule has 0 bridgehead atoms. The number of anilines is 1. The lowest BCUT2D eigenvalue weighted by Crippen LogP contribution is -2.36. The number of aryl methyl sites for hydroxylation is 2. The van der Waals surface area contributed by atoms with Crippen LogP contribution in [0.1, 0.15) is 23.6 Å². The van der Waals surface area contributed by atoms with Crippen molar-refractivity contribution in [3.63, 3.8) is 0 Å². The van der Waals surface area contributed by atoms with Crippen molar-refractivity contribution in [2.24, 2.45) is 0 Å². The maximum Gasteiger partial charge on any atom is 0.344 e. The van der Waals surface area contributed by atoms with Gasteiger partial charge in [0.1, 0.15) is 6.54 Å². The highest BCUT2D eigenvalue weighted by Gasteiger charge is 2.36. The average Bonchev–Trinajstić information content (AvgIpc) is 3.04. The van der Waals surface area contributed by atoms with Gasteiger partial charge in [0, 0.05) is 11.3 Å². The van der Waals surface area contributed by atoms with E-state index in [2.05, 4.69) is 5.32 Å². The number of para-hydroxylation sites is 2. The Balaban J connectivity index is 1.82. The van der Waals surface area contributed by atoms with Crippen LogP contribution in [0.5, 0.6) is 11.5 Å². The number of imide groups is 1. The van der Waals surface area contributed by atoms with E-state index >= 15 is 0 Å². The standard InChI is InChI=1S/C24H24N2O7S/c1-13-7-5-8-14(2)20(13)25-19(27)12-26-22(28)18(34-24(26)31)11-16-9-6-10-17(32-4)21(16)33-15(3)23(29)30/h5-11,15H,12H2,1-4H3,(H,25,27)(H,29,30)/b18-11-/t15-/m1/s1. The summed E-state index contributed by atoms with van der Waals surface area (Å²) in [6.07, 6.45) is 0.243. The molecule has 1 aliphatic heterocycles. The number of carbonyl (C=O) groups excluding carboxylic acids is 3. The van der Waals surface area contributed by atoms with Gasteiger partial charge in [-0.3, -0.25) is 19.3 Å². The maximum absolute atomic E-state index is 12.9. The number of methoxy groups -OCH3 is 1. The average molecular weight is 485 g/mol. The summed E-state index contributed by atoms with van der Waals surface area (Å²) in [5, 5.41) is 11.4. The minimum Gasteiger partial charge on any atom is -0.493 e. The van der Waals surface area contributed by atoms with Crippen LogP contribution in [0.15, 0.2) is 41.3 Å². The molecule has 1 heterocycles. The van der Waals surface area contributed by atoms with Crippen molar-refractivity contribution in [2.75, 3.05) is 19.0 Å². The van der Waals surface area contributed by atoms with Gasteiger partial charge in [0.25, 0.3) is 11.1 Å². The van der Waals surface area contributed by atoms with Gasteiger partial charge in [0.15, 0.2) is 17.6 Å². The summed E-state index contributed by atoms with van der Waals surface area (Å²) in [5.41, 5.74) is 2.73. The van der Waals surface area contributed by atoms with E-state index in [0.29, 0.717) is 23.0 Å². The second kappa shape index (κ2) is 10.4. The van der Waals surface area contributed by atoms with Gasteiger partial charge < -0.3 is 19.9 Å². The van der Waals surface area contributed by atoms with E-state index in [0.717, 1.165) is 16.0 Å². The Hall–Kier alpha value is -3.79. The number of hydrogen-bond donors (Lipinski definition) is 2. The summed E-state index contributed by atoms with van der Waals surface area (Å²) in [4.78, 5) is 50.2. The molecule has 0 spiro atoms. The molecular formula is C24H24N2O7S. The molecule has 0 aromatic heterocycles.